The molecule has 0 spiro atoms. The molecule has 0 aliphatic heterocycles. The zero-order valence-electron chi connectivity index (χ0n) is 12.1. The van der Waals surface area contributed by atoms with Crippen LogP contribution in [0.4, 0.5) is 0 Å². The van der Waals surface area contributed by atoms with Crippen LogP contribution in [0.15, 0.2) is 18.2 Å². The maximum Gasteiger partial charge on any atom is 0.161 e. The van der Waals surface area contributed by atoms with Gasteiger partial charge in [0, 0.05) is 13.1 Å². The highest BCUT2D eigenvalue weighted by Gasteiger charge is 2.10. The first-order valence-electron chi connectivity index (χ1n) is 6.47. The zero-order valence-corrected chi connectivity index (χ0v) is 12.1. The van der Waals surface area contributed by atoms with Crippen LogP contribution in [-0.4, -0.2) is 32.2 Å². The second kappa shape index (κ2) is 7.65. The molecule has 0 aromatic heterocycles. The highest BCUT2D eigenvalue weighted by atomic mass is 16.5. The number of benzene rings is 1. The maximum atomic E-state index is 8.88. The van der Waals surface area contributed by atoms with Crippen molar-refractivity contribution in [2.75, 3.05) is 27.3 Å². The van der Waals surface area contributed by atoms with Crippen LogP contribution >= 0.6 is 0 Å². The van der Waals surface area contributed by atoms with E-state index in [2.05, 4.69) is 17.9 Å². The number of hydrogen-bond acceptors (Lipinski definition) is 4. The fourth-order valence-corrected chi connectivity index (χ4v) is 1.97. The molecule has 1 aromatic carbocycles. The molecule has 1 aromatic rings. The summed E-state index contributed by atoms with van der Waals surface area (Å²) in [6.45, 7) is 6.55. The molecule has 1 unspecified atom stereocenters. The molecule has 4 heteroatoms. The summed E-state index contributed by atoms with van der Waals surface area (Å²) in [5.74, 6) is 1.52. The normalized spacial score (nSPS) is 12.0. The summed E-state index contributed by atoms with van der Waals surface area (Å²) in [5, 5.41) is 8.88. The molecule has 0 fully saturated rings. The van der Waals surface area contributed by atoms with Crippen molar-refractivity contribution in [2.24, 2.45) is 5.92 Å². The van der Waals surface area contributed by atoms with Crippen LogP contribution in [0.25, 0.3) is 0 Å². The average Bonchev–Trinajstić information content (AvgIpc) is 2.45. The van der Waals surface area contributed by atoms with Gasteiger partial charge in [-0.05, 0) is 31.2 Å². The second-order valence-corrected chi connectivity index (χ2v) is 4.55. The average molecular weight is 262 g/mol. The third-order valence-electron chi connectivity index (χ3n) is 3.05. The molecular weight excluding hydrogens is 240 g/mol. The predicted octanol–water partition coefficient (Wildman–Crippen LogP) is 2.69. The number of rotatable bonds is 7. The van der Waals surface area contributed by atoms with Crippen LogP contribution in [0, 0.1) is 17.2 Å². The Hall–Kier alpha value is -1.73. The lowest BCUT2D eigenvalue weighted by Crippen LogP contribution is -2.27. The summed E-state index contributed by atoms with van der Waals surface area (Å²) in [6.07, 6.45) is 0. The van der Waals surface area contributed by atoms with Crippen LogP contribution in [-0.2, 0) is 6.54 Å². The molecule has 0 saturated heterocycles. The first-order valence-corrected chi connectivity index (χ1v) is 6.47. The Balaban J connectivity index is 2.77. The standard InChI is InChI=1S/C15H22N2O2/c1-5-17(10-12(2)9-16)11-13-6-7-14(18-3)15(8-13)19-4/h6-8,12H,5,10-11H2,1-4H3. The van der Waals surface area contributed by atoms with Crippen molar-refractivity contribution in [3.63, 3.8) is 0 Å². The summed E-state index contributed by atoms with van der Waals surface area (Å²) in [4.78, 5) is 2.25. The van der Waals surface area contributed by atoms with Gasteiger partial charge in [0.05, 0.1) is 26.2 Å². The minimum atomic E-state index is 0.0418. The van der Waals surface area contributed by atoms with E-state index in [-0.39, 0.29) is 5.92 Å². The Kier molecular flexibility index (Phi) is 6.17. The maximum absolute atomic E-state index is 8.88. The minimum Gasteiger partial charge on any atom is -0.493 e. The Bertz CT molecular complexity index is 440. The van der Waals surface area contributed by atoms with E-state index < -0.39 is 0 Å². The minimum absolute atomic E-state index is 0.0418. The van der Waals surface area contributed by atoms with Gasteiger partial charge in [-0.1, -0.05) is 13.0 Å². The third kappa shape index (κ3) is 4.46. The highest BCUT2D eigenvalue weighted by Crippen LogP contribution is 2.28. The zero-order chi connectivity index (χ0) is 14.3. The summed E-state index contributed by atoms with van der Waals surface area (Å²) in [5.41, 5.74) is 1.16. The molecular formula is C15H22N2O2. The van der Waals surface area contributed by atoms with Crippen LogP contribution in [0.2, 0.25) is 0 Å². The fraction of sp³-hybridized carbons (Fsp3) is 0.533. The molecule has 1 rings (SSSR count). The second-order valence-electron chi connectivity index (χ2n) is 4.55. The van der Waals surface area contributed by atoms with Crippen molar-refractivity contribution in [3.8, 4) is 17.6 Å². The molecule has 1 atom stereocenters. The summed E-state index contributed by atoms with van der Waals surface area (Å²) in [6, 6.07) is 8.20. The van der Waals surface area contributed by atoms with E-state index in [9.17, 15) is 0 Å². The van der Waals surface area contributed by atoms with E-state index in [1.54, 1.807) is 14.2 Å². The largest absolute Gasteiger partial charge is 0.493 e. The lowest BCUT2D eigenvalue weighted by atomic mass is 10.1. The predicted molar refractivity (Wildman–Crippen MR) is 75.3 cm³/mol. The number of nitriles is 1. The Morgan fingerprint density at radius 1 is 1.26 bits per heavy atom. The van der Waals surface area contributed by atoms with Crippen molar-refractivity contribution < 1.29 is 9.47 Å². The molecule has 0 heterocycles. The van der Waals surface area contributed by atoms with Gasteiger partial charge in [0.15, 0.2) is 11.5 Å². The molecule has 0 radical (unpaired) electrons. The van der Waals surface area contributed by atoms with Crippen molar-refractivity contribution >= 4 is 0 Å². The molecule has 0 aliphatic carbocycles. The Labute approximate surface area is 115 Å². The van der Waals surface area contributed by atoms with Gasteiger partial charge in [-0.25, -0.2) is 0 Å². The van der Waals surface area contributed by atoms with Crippen LogP contribution < -0.4 is 9.47 Å². The van der Waals surface area contributed by atoms with Gasteiger partial charge in [0.2, 0.25) is 0 Å². The van der Waals surface area contributed by atoms with E-state index in [0.717, 1.165) is 36.7 Å². The van der Waals surface area contributed by atoms with E-state index in [0.29, 0.717) is 0 Å². The van der Waals surface area contributed by atoms with E-state index in [4.69, 9.17) is 14.7 Å². The van der Waals surface area contributed by atoms with E-state index >= 15 is 0 Å². The van der Waals surface area contributed by atoms with Crippen LogP contribution in [0.1, 0.15) is 19.4 Å². The van der Waals surface area contributed by atoms with Gasteiger partial charge in [-0.3, -0.25) is 4.90 Å². The summed E-state index contributed by atoms with van der Waals surface area (Å²) >= 11 is 0. The molecule has 0 bridgehead atoms. The monoisotopic (exact) mass is 262 g/mol. The Morgan fingerprint density at radius 2 is 1.95 bits per heavy atom. The lowest BCUT2D eigenvalue weighted by Gasteiger charge is -2.22. The molecule has 4 nitrogen and oxygen atoms in total. The van der Waals surface area contributed by atoms with Gasteiger partial charge in [-0.2, -0.15) is 5.26 Å². The molecule has 0 aliphatic rings. The SMILES string of the molecule is CCN(Cc1ccc(OC)c(OC)c1)CC(C)C#N. The smallest absolute Gasteiger partial charge is 0.161 e. The van der Waals surface area contributed by atoms with Crippen molar-refractivity contribution in [2.45, 2.75) is 20.4 Å². The molecule has 19 heavy (non-hydrogen) atoms. The molecule has 104 valence electrons. The number of ether oxygens (including phenoxy) is 2. The fourth-order valence-electron chi connectivity index (χ4n) is 1.97. The number of nitrogens with zero attached hydrogens (tertiary/aromatic N) is 2. The van der Waals surface area contributed by atoms with Gasteiger partial charge in [0.25, 0.3) is 0 Å². The van der Waals surface area contributed by atoms with Crippen molar-refractivity contribution in [3.05, 3.63) is 23.8 Å². The van der Waals surface area contributed by atoms with Gasteiger partial charge >= 0.3 is 0 Å². The quantitative estimate of drug-likeness (QED) is 0.758. The van der Waals surface area contributed by atoms with E-state index in [1.807, 2.05) is 25.1 Å². The first kappa shape index (κ1) is 15.3. The van der Waals surface area contributed by atoms with E-state index in [1.165, 1.54) is 0 Å². The first-order chi connectivity index (χ1) is 9.14. The third-order valence-corrected chi connectivity index (χ3v) is 3.05. The number of methoxy groups -OCH3 is 2. The lowest BCUT2D eigenvalue weighted by molar-refractivity contribution is 0.259. The number of hydrogen-bond donors (Lipinski definition) is 0. The topological polar surface area (TPSA) is 45.5 Å². The molecule has 0 N–H and O–H groups in total. The molecule has 0 saturated carbocycles. The van der Waals surface area contributed by atoms with Gasteiger partial charge in [0.1, 0.15) is 0 Å². The molecule has 0 amide bonds. The van der Waals surface area contributed by atoms with Crippen LogP contribution in [0.3, 0.4) is 0 Å². The van der Waals surface area contributed by atoms with Gasteiger partial charge < -0.3 is 9.47 Å². The Morgan fingerprint density at radius 3 is 2.47 bits per heavy atom. The van der Waals surface area contributed by atoms with Crippen molar-refractivity contribution in [1.29, 1.82) is 5.26 Å². The van der Waals surface area contributed by atoms with Gasteiger partial charge in [-0.15, -0.1) is 0 Å². The summed E-state index contributed by atoms with van der Waals surface area (Å²) < 4.78 is 10.5. The highest BCUT2D eigenvalue weighted by molar-refractivity contribution is 5.42. The van der Waals surface area contributed by atoms with Crippen LogP contribution in [0.5, 0.6) is 11.5 Å². The summed E-state index contributed by atoms with van der Waals surface area (Å²) in [7, 11) is 3.27. The van der Waals surface area contributed by atoms with Crippen molar-refractivity contribution in [1.82, 2.24) is 4.90 Å².